The maximum absolute atomic E-state index is 12.8. The van der Waals surface area contributed by atoms with Crippen molar-refractivity contribution in [2.45, 2.75) is 64.2 Å². The van der Waals surface area contributed by atoms with Crippen molar-refractivity contribution in [3.8, 4) is 11.4 Å². The van der Waals surface area contributed by atoms with Crippen LogP contribution < -0.4 is 15.9 Å². The Kier molecular flexibility index (Phi) is 6.80. The molecule has 10 heteroatoms. The molecule has 35 heavy (non-hydrogen) atoms. The Bertz CT molecular complexity index is 1160. The molecule has 0 saturated carbocycles. The third-order valence-corrected chi connectivity index (χ3v) is 12.3. The van der Waals surface area contributed by atoms with Crippen LogP contribution in [0.2, 0.25) is 18.1 Å². The molecule has 0 spiro atoms. The van der Waals surface area contributed by atoms with E-state index in [9.17, 15) is 14.4 Å². The number of anilines is 1. The lowest BCUT2D eigenvalue weighted by atomic mass is 10.1. The molecule has 1 aromatic carbocycles. The number of aromatic nitrogens is 3. The van der Waals surface area contributed by atoms with E-state index >= 15 is 0 Å². The van der Waals surface area contributed by atoms with E-state index in [1.54, 1.807) is 7.05 Å². The number of hydrogen-bond donors (Lipinski definition) is 1. The molecular formula is C25H37N5O4Si. The van der Waals surface area contributed by atoms with Crippen molar-refractivity contribution < 1.29 is 14.0 Å². The van der Waals surface area contributed by atoms with Crippen LogP contribution in [0.4, 0.5) is 5.69 Å². The fourth-order valence-corrected chi connectivity index (χ4v) is 5.48. The molecule has 2 aliphatic rings. The maximum Gasteiger partial charge on any atom is 0.346 e. The number of imide groups is 1. The van der Waals surface area contributed by atoms with Crippen LogP contribution in [0.3, 0.4) is 0 Å². The molecule has 2 aromatic rings. The number of piperidine rings is 1. The number of benzene rings is 1. The number of carbonyl (C=O) groups is 2. The first-order chi connectivity index (χ1) is 16.4. The zero-order valence-corrected chi connectivity index (χ0v) is 22.6. The first-order valence-corrected chi connectivity index (χ1v) is 15.3. The fraction of sp³-hybridized carbons (Fsp3) is 0.600. The number of carbonyl (C=O) groups excluding carboxylic acids is 2. The maximum atomic E-state index is 12.8. The number of rotatable bonds is 6. The Morgan fingerprint density at radius 1 is 1.11 bits per heavy atom. The van der Waals surface area contributed by atoms with Crippen LogP contribution in [-0.4, -0.2) is 54.2 Å². The second-order valence-electron chi connectivity index (χ2n) is 11.3. The zero-order chi connectivity index (χ0) is 25.5. The van der Waals surface area contributed by atoms with E-state index in [0.29, 0.717) is 11.7 Å². The summed E-state index contributed by atoms with van der Waals surface area (Å²) in [6.45, 7) is 14.2. The summed E-state index contributed by atoms with van der Waals surface area (Å²) in [5.41, 5.74) is 1.57. The summed E-state index contributed by atoms with van der Waals surface area (Å²) in [5.74, 6) is 0.216. The standard InChI is InChI=1S/C25H37N5O4Si/c1-25(2,3)35(5,6)34-16-17-13-14-29(15-17)19-9-7-18(8-10-19)22-27-30(24(33)28(22)4)20-11-12-21(31)26-23(20)32/h7-10,17,20H,11-16H2,1-6H3,(H,26,31,32). The first kappa shape index (κ1) is 25.4. The molecule has 0 bridgehead atoms. The molecule has 2 aliphatic heterocycles. The largest absolute Gasteiger partial charge is 0.416 e. The molecule has 4 rings (SSSR count). The summed E-state index contributed by atoms with van der Waals surface area (Å²) in [5, 5.41) is 6.96. The molecular weight excluding hydrogens is 462 g/mol. The number of nitrogens with zero attached hydrogens (tertiary/aromatic N) is 4. The van der Waals surface area contributed by atoms with Gasteiger partial charge >= 0.3 is 5.69 Å². The van der Waals surface area contributed by atoms with Crippen molar-refractivity contribution in [3.63, 3.8) is 0 Å². The average Bonchev–Trinajstić information content (AvgIpc) is 3.37. The quantitative estimate of drug-likeness (QED) is 0.485. The van der Waals surface area contributed by atoms with E-state index in [0.717, 1.165) is 37.4 Å². The highest BCUT2D eigenvalue weighted by Crippen LogP contribution is 2.37. The number of amides is 2. The highest BCUT2D eigenvalue weighted by atomic mass is 28.4. The summed E-state index contributed by atoms with van der Waals surface area (Å²) in [6, 6.07) is 7.27. The Hall–Kier alpha value is -2.72. The van der Waals surface area contributed by atoms with Gasteiger partial charge in [-0.15, -0.1) is 5.10 Å². The normalized spacial score (nSPS) is 21.5. The van der Waals surface area contributed by atoms with Gasteiger partial charge in [-0.25, -0.2) is 9.48 Å². The molecule has 0 radical (unpaired) electrons. The second kappa shape index (κ2) is 9.38. The van der Waals surface area contributed by atoms with Crippen molar-refractivity contribution in [3.05, 3.63) is 34.7 Å². The van der Waals surface area contributed by atoms with E-state index < -0.39 is 20.3 Å². The van der Waals surface area contributed by atoms with E-state index in [4.69, 9.17) is 4.43 Å². The van der Waals surface area contributed by atoms with Crippen molar-refractivity contribution in [1.82, 2.24) is 19.7 Å². The predicted molar refractivity (Wildman–Crippen MR) is 138 cm³/mol. The summed E-state index contributed by atoms with van der Waals surface area (Å²) in [4.78, 5) is 38.8. The molecule has 190 valence electrons. The van der Waals surface area contributed by atoms with Crippen molar-refractivity contribution in [2.75, 3.05) is 24.6 Å². The van der Waals surface area contributed by atoms with Crippen molar-refractivity contribution in [2.24, 2.45) is 13.0 Å². The molecule has 0 aliphatic carbocycles. The van der Waals surface area contributed by atoms with Crippen LogP contribution in [0.15, 0.2) is 29.1 Å². The van der Waals surface area contributed by atoms with Crippen LogP contribution >= 0.6 is 0 Å². The third-order valence-electron chi connectivity index (χ3n) is 7.77. The third kappa shape index (κ3) is 5.13. The van der Waals surface area contributed by atoms with Crippen LogP contribution in [0.25, 0.3) is 11.4 Å². The zero-order valence-electron chi connectivity index (χ0n) is 21.6. The Labute approximate surface area is 207 Å². The molecule has 9 nitrogen and oxygen atoms in total. The minimum absolute atomic E-state index is 0.196. The van der Waals surface area contributed by atoms with Gasteiger partial charge in [-0.3, -0.25) is 19.5 Å². The summed E-state index contributed by atoms with van der Waals surface area (Å²) in [7, 11) is -0.0970. The lowest BCUT2D eigenvalue weighted by Gasteiger charge is -2.37. The van der Waals surface area contributed by atoms with Crippen LogP contribution in [0.5, 0.6) is 0 Å². The molecule has 2 saturated heterocycles. The van der Waals surface area contributed by atoms with Gasteiger partial charge in [0.15, 0.2) is 14.1 Å². The van der Waals surface area contributed by atoms with Crippen LogP contribution in [0.1, 0.15) is 46.1 Å². The van der Waals surface area contributed by atoms with Gasteiger partial charge in [0.2, 0.25) is 5.91 Å². The van der Waals surface area contributed by atoms with Gasteiger partial charge in [-0.05, 0) is 55.2 Å². The topological polar surface area (TPSA) is 98.5 Å². The minimum atomic E-state index is -1.74. The monoisotopic (exact) mass is 499 g/mol. The summed E-state index contributed by atoms with van der Waals surface area (Å²) in [6.07, 6.45) is 1.58. The highest BCUT2D eigenvalue weighted by molar-refractivity contribution is 6.74. The summed E-state index contributed by atoms with van der Waals surface area (Å²) >= 11 is 0. The fourth-order valence-electron chi connectivity index (χ4n) is 4.39. The smallest absolute Gasteiger partial charge is 0.346 e. The second-order valence-corrected chi connectivity index (χ2v) is 16.1. The van der Waals surface area contributed by atoms with Gasteiger partial charge in [0, 0.05) is 50.3 Å². The predicted octanol–water partition coefficient (Wildman–Crippen LogP) is 3.07. The Morgan fingerprint density at radius 3 is 2.43 bits per heavy atom. The van der Waals surface area contributed by atoms with Crippen molar-refractivity contribution in [1.29, 1.82) is 0 Å². The van der Waals surface area contributed by atoms with Gasteiger partial charge in [-0.2, -0.15) is 0 Å². The Balaban J connectivity index is 1.43. The van der Waals surface area contributed by atoms with E-state index in [2.05, 4.69) is 61.3 Å². The van der Waals surface area contributed by atoms with E-state index in [1.165, 1.54) is 9.25 Å². The minimum Gasteiger partial charge on any atom is -0.416 e. The van der Waals surface area contributed by atoms with E-state index in [-0.39, 0.29) is 29.5 Å². The highest BCUT2D eigenvalue weighted by Gasteiger charge is 2.38. The van der Waals surface area contributed by atoms with Crippen LogP contribution in [-0.2, 0) is 21.1 Å². The molecule has 2 atom stereocenters. The lowest BCUT2D eigenvalue weighted by molar-refractivity contribution is -0.136. The lowest BCUT2D eigenvalue weighted by Crippen LogP contribution is -2.44. The van der Waals surface area contributed by atoms with E-state index in [1.807, 2.05) is 12.1 Å². The molecule has 1 N–H and O–H groups in total. The Morgan fingerprint density at radius 2 is 1.80 bits per heavy atom. The SMILES string of the molecule is Cn1c(-c2ccc(N3CCC(CO[Si](C)(C)C(C)(C)C)C3)cc2)nn(C2CCC(=O)NC2=O)c1=O. The molecule has 2 fully saturated rings. The van der Waals surface area contributed by atoms with Gasteiger partial charge in [0.05, 0.1) is 0 Å². The van der Waals surface area contributed by atoms with Crippen molar-refractivity contribution >= 4 is 25.8 Å². The van der Waals surface area contributed by atoms with Gasteiger partial charge < -0.3 is 9.33 Å². The molecule has 2 amide bonds. The van der Waals surface area contributed by atoms with Gasteiger partial charge in [-0.1, -0.05) is 20.8 Å². The number of hydrogen-bond acceptors (Lipinski definition) is 6. The van der Waals surface area contributed by atoms with Crippen LogP contribution in [0, 0.1) is 5.92 Å². The number of nitrogens with one attached hydrogen (secondary N) is 1. The first-order valence-electron chi connectivity index (χ1n) is 12.4. The molecule has 3 heterocycles. The summed E-state index contributed by atoms with van der Waals surface area (Å²) < 4.78 is 9.09. The molecule has 2 unspecified atom stereocenters. The molecule has 1 aromatic heterocycles. The average molecular weight is 500 g/mol. The van der Waals surface area contributed by atoms with Gasteiger partial charge in [0.25, 0.3) is 5.91 Å². The van der Waals surface area contributed by atoms with Gasteiger partial charge in [0.1, 0.15) is 6.04 Å².